The van der Waals surface area contributed by atoms with Gasteiger partial charge in [0.1, 0.15) is 23.5 Å². The highest BCUT2D eigenvalue weighted by molar-refractivity contribution is 8.14. The molecule has 4 heterocycles. The van der Waals surface area contributed by atoms with Crippen molar-refractivity contribution in [1.29, 1.82) is 0 Å². The van der Waals surface area contributed by atoms with E-state index < -0.39 is 0 Å². The molecule has 1 amide bonds. The molecule has 5 rings (SSSR count). The number of benzene rings is 1. The van der Waals surface area contributed by atoms with Crippen LogP contribution in [0.2, 0.25) is 0 Å². The van der Waals surface area contributed by atoms with Crippen LogP contribution in [0.15, 0.2) is 35.5 Å². The number of nitrogens with zero attached hydrogens (tertiary/aromatic N) is 3. The lowest BCUT2D eigenvalue weighted by Crippen LogP contribution is -2.35. The number of thioether (sulfide) groups is 1. The van der Waals surface area contributed by atoms with Gasteiger partial charge in [0.15, 0.2) is 5.12 Å². The predicted octanol–water partition coefficient (Wildman–Crippen LogP) is 3.50. The molecule has 28 heavy (non-hydrogen) atoms. The number of amides is 1. The van der Waals surface area contributed by atoms with E-state index in [-0.39, 0.29) is 11.0 Å². The summed E-state index contributed by atoms with van der Waals surface area (Å²) in [4.78, 5) is 39.1. The van der Waals surface area contributed by atoms with Gasteiger partial charge in [-0.05, 0) is 43.0 Å². The minimum atomic E-state index is 0.0103. The van der Waals surface area contributed by atoms with Crippen LogP contribution in [0, 0.1) is 0 Å². The van der Waals surface area contributed by atoms with E-state index in [1.807, 2.05) is 29.2 Å². The van der Waals surface area contributed by atoms with Gasteiger partial charge in [-0.3, -0.25) is 9.59 Å². The number of carbonyl (C=O) groups is 2. The molecule has 0 spiro atoms. The molecule has 0 radical (unpaired) electrons. The lowest BCUT2D eigenvalue weighted by Gasteiger charge is -2.26. The maximum Gasteiger partial charge on any atom is 0.270 e. The third kappa shape index (κ3) is 3.13. The van der Waals surface area contributed by atoms with Gasteiger partial charge in [0.25, 0.3) is 5.91 Å². The molecule has 7 nitrogen and oxygen atoms in total. The molecule has 2 N–H and O–H groups in total. The summed E-state index contributed by atoms with van der Waals surface area (Å²) >= 11 is 1.28. The molecule has 3 aromatic rings. The third-order valence-electron chi connectivity index (χ3n) is 5.19. The maximum absolute atomic E-state index is 12.8. The Balaban J connectivity index is 1.44. The predicted molar refractivity (Wildman–Crippen MR) is 108 cm³/mol. The summed E-state index contributed by atoms with van der Waals surface area (Å²) in [6.07, 6.45) is 5.25. The van der Waals surface area contributed by atoms with Gasteiger partial charge in [0, 0.05) is 30.1 Å². The van der Waals surface area contributed by atoms with Crippen LogP contribution in [-0.4, -0.2) is 44.0 Å². The first-order valence-electron chi connectivity index (χ1n) is 9.41. The van der Waals surface area contributed by atoms with Crippen molar-refractivity contribution in [1.82, 2.24) is 19.9 Å². The van der Waals surface area contributed by atoms with Gasteiger partial charge in [-0.25, -0.2) is 9.97 Å². The molecule has 2 aliphatic heterocycles. The summed E-state index contributed by atoms with van der Waals surface area (Å²) < 4.78 is 0. The molecule has 0 unspecified atom stereocenters. The standard InChI is InChI=1S/C20H19N5O2S/c26-17-8-12-4-5-13(9-16(12)28-17)23-18-14-10-15(24-19(14)22-11-21-18)20(27)25-6-2-1-3-7-25/h4-5,9-11H,1-3,6-8H2,(H2,21,22,23,24). The van der Waals surface area contributed by atoms with Crippen molar-refractivity contribution in [2.45, 2.75) is 30.6 Å². The molecule has 1 saturated heterocycles. The van der Waals surface area contributed by atoms with Crippen LogP contribution in [-0.2, 0) is 11.2 Å². The number of fused-ring (bicyclic) bond motifs is 2. The number of aromatic amines is 1. The monoisotopic (exact) mass is 393 g/mol. The molecule has 142 valence electrons. The number of rotatable bonds is 3. The number of H-pyrrole nitrogens is 1. The summed E-state index contributed by atoms with van der Waals surface area (Å²) in [5.74, 6) is 0.643. The van der Waals surface area contributed by atoms with Gasteiger partial charge in [-0.2, -0.15) is 0 Å². The van der Waals surface area contributed by atoms with Gasteiger partial charge in [0.05, 0.1) is 5.39 Å². The highest BCUT2D eigenvalue weighted by atomic mass is 32.2. The largest absolute Gasteiger partial charge is 0.340 e. The van der Waals surface area contributed by atoms with Crippen molar-refractivity contribution >= 4 is 45.3 Å². The zero-order chi connectivity index (χ0) is 19.1. The summed E-state index contributed by atoms with van der Waals surface area (Å²) in [6.45, 7) is 1.60. The highest BCUT2D eigenvalue weighted by Gasteiger charge is 2.22. The van der Waals surface area contributed by atoms with Crippen molar-refractivity contribution < 1.29 is 9.59 Å². The Labute approximate surface area is 165 Å². The summed E-state index contributed by atoms with van der Waals surface area (Å²) in [7, 11) is 0. The molecule has 0 atom stereocenters. The smallest absolute Gasteiger partial charge is 0.270 e. The van der Waals surface area contributed by atoms with Crippen LogP contribution in [0.1, 0.15) is 35.3 Å². The van der Waals surface area contributed by atoms with Crippen LogP contribution >= 0.6 is 11.8 Å². The van der Waals surface area contributed by atoms with Crippen LogP contribution in [0.3, 0.4) is 0 Å². The quantitative estimate of drug-likeness (QED) is 0.708. The van der Waals surface area contributed by atoms with Gasteiger partial charge < -0.3 is 15.2 Å². The maximum atomic E-state index is 12.8. The first kappa shape index (κ1) is 17.2. The SMILES string of the molecule is O=C1Cc2ccc(Nc3ncnc4[nH]c(C(=O)N5CCCCC5)cc34)cc2S1. The Bertz CT molecular complexity index is 1090. The Kier molecular flexibility index (Phi) is 4.27. The fourth-order valence-electron chi connectivity index (χ4n) is 3.75. The molecule has 0 bridgehead atoms. The summed E-state index contributed by atoms with van der Waals surface area (Å²) in [5.41, 5.74) is 3.08. The normalized spacial score (nSPS) is 16.4. The van der Waals surface area contributed by atoms with E-state index in [0.717, 1.165) is 47.5 Å². The van der Waals surface area contributed by atoms with Crippen molar-refractivity contribution in [3.05, 3.63) is 41.9 Å². The van der Waals surface area contributed by atoms with E-state index in [1.165, 1.54) is 24.5 Å². The number of aromatic nitrogens is 3. The molecular weight excluding hydrogens is 374 g/mol. The number of hydrogen-bond acceptors (Lipinski definition) is 6. The van der Waals surface area contributed by atoms with Gasteiger partial charge in [-0.1, -0.05) is 17.8 Å². The minimum absolute atomic E-state index is 0.0103. The average Bonchev–Trinajstić information content (AvgIpc) is 3.31. The number of nitrogens with one attached hydrogen (secondary N) is 2. The molecule has 1 aromatic carbocycles. The first-order chi connectivity index (χ1) is 13.7. The van der Waals surface area contributed by atoms with Gasteiger partial charge in [0.2, 0.25) is 0 Å². The van der Waals surface area contributed by atoms with E-state index in [0.29, 0.717) is 23.6 Å². The first-order valence-corrected chi connectivity index (χ1v) is 10.2. The van der Waals surface area contributed by atoms with E-state index in [9.17, 15) is 9.59 Å². The van der Waals surface area contributed by atoms with Gasteiger partial charge in [-0.15, -0.1) is 0 Å². The van der Waals surface area contributed by atoms with Crippen molar-refractivity contribution in [2.75, 3.05) is 18.4 Å². The zero-order valence-corrected chi connectivity index (χ0v) is 16.0. The molecule has 8 heteroatoms. The van der Waals surface area contributed by atoms with E-state index in [4.69, 9.17) is 0 Å². The van der Waals surface area contributed by atoms with E-state index >= 15 is 0 Å². The Morgan fingerprint density at radius 2 is 2.00 bits per heavy atom. The van der Waals surface area contributed by atoms with Crippen LogP contribution in [0.25, 0.3) is 11.0 Å². The molecular formula is C20H19N5O2S. The molecule has 0 saturated carbocycles. The molecule has 2 aliphatic rings. The average molecular weight is 393 g/mol. The van der Waals surface area contributed by atoms with Crippen LogP contribution < -0.4 is 5.32 Å². The van der Waals surface area contributed by atoms with E-state index in [1.54, 1.807) is 0 Å². The fraction of sp³-hybridized carbons (Fsp3) is 0.300. The number of hydrogen-bond donors (Lipinski definition) is 2. The number of likely N-dealkylation sites (tertiary alicyclic amines) is 1. The minimum Gasteiger partial charge on any atom is -0.340 e. The lowest BCUT2D eigenvalue weighted by molar-refractivity contribution is -0.110. The Morgan fingerprint density at radius 1 is 1.14 bits per heavy atom. The zero-order valence-electron chi connectivity index (χ0n) is 15.2. The van der Waals surface area contributed by atoms with Crippen LogP contribution in [0.5, 0.6) is 0 Å². The number of piperidine rings is 1. The fourth-order valence-corrected chi connectivity index (χ4v) is 4.68. The molecule has 1 fully saturated rings. The number of carbonyl (C=O) groups excluding carboxylic acids is 2. The third-order valence-corrected chi connectivity index (χ3v) is 6.16. The Hall–Kier alpha value is -2.87. The van der Waals surface area contributed by atoms with E-state index in [2.05, 4.69) is 20.3 Å². The van der Waals surface area contributed by atoms with Crippen molar-refractivity contribution in [2.24, 2.45) is 0 Å². The summed E-state index contributed by atoms with van der Waals surface area (Å²) in [5, 5.41) is 4.24. The topological polar surface area (TPSA) is 91.0 Å². The molecule has 0 aliphatic carbocycles. The number of anilines is 2. The second-order valence-corrected chi connectivity index (χ2v) is 8.22. The second kappa shape index (κ2) is 6.94. The summed E-state index contributed by atoms with van der Waals surface area (Å²) in [6, 6.07) is 7.69. The van der Waals surface area contributed by atoms with Crippen molar-refractivity contribution in [3.63, 3.8) is 0 Å². The lowest BCUT2D eigenvalue weighted by atomic mass is 10.1. The van der Waals surface area contributed by atoms with Gasteiger partial charge >= 0.3 is 0 Å². The van der Waals surface area contributed by atoms with Crippen LogP contribution in [0.4, 0.5) is 11.5 Å². The second-order valence-electron chi connectivity index (χ2n) is 7.12. The van der Waals surface area contributed by atoms with Crippen molar-refractivity contribution in [3.8, 4) is 0 Å². The highest BCUT2D eigenvalue weighted by Crippen LogP contribution is 2.35. The Morgan fingerprint density at radius 3 is 2.86 bits per heavy atom. The molecule has 2 aromatic heterocycles.